The Kier molecular flexibility index (Phi) is 6.13. The second-order valence-corrected chi connectivity index (χ2v) is 8.56. The number of benzene rings is 2. The zero-order valence-electron chi connectivity index (χ0n) is 15.2. The Morgan fingerprint density at radius 3 is 2.59 bits per heavy atom. The number of nitrogens with one attached hydrogen (secondary N) is 1. The molecule has 0 unspecified atom stereocenters. The van der Waals surface area contributed by atoms with Gasteiger partial charge in [0.1, 0.15) is 12.4 Å². The predicted molar refractivity (Wildman–Crippen MR) is 102 cm³/mol. The van der Waals surface area contributed by atoms with E-state index in [1.165, 1.54) is 6.26 Å². The van der Waals surface area contributed by atoms with E-state index in [0.29, 0.717) is 17.9 Å². The minimum absolute atomic E-state index is 0.0791. The van der Waals surface area contributed by atoms with E-state index in [2.05, 4.69) is 5.32 Å². The summed E-state index contributed by atoms with van der Waals surface area (Å²) in [5, 5.41) is 2.89. The largest absolute Gasteiger partial charge is 0.488 e. The van der Waals surface area contributed by atoms with E-state index >= 15 is 0 Å². The Hall–Kier alpha value is -2.38. The zero-order valence-corrected chi connectivity index (χ0v) is 16.0. The molecule has 3 rings (SSSR count). The SMILES string of the molecule is CS(=O)(=O)c1ccc(COc2ccccc2C(=O)NC[C@@H]2CCCO2)cc1. The lowest BCUT2D eigenvalue weighted by Crippen LogP contribution is -2.32. The van der Waals surface area contributed by atoms with Crippen molar-refractivity contribution in [2.45, 2.75) is 30.4 Å². The van der Waals surface area contributed by atoms with Crippen LogP contribution in [0.1, 0.15) is 28.8 Å². The number of rotatable bonds is 7. The minimum atomic E-state index is -3.22. The fourth-order valence-electron chi connectivity index (χ4n) is 2.88. The van der Waals surface area contributed by atoms with Gasteiger partial charge in [0.2, 0.25) is 0 Å². The summed E-state index contributed by atoms with van der Waals surface area (Å²) in [5.74, 6) is 0.281. The van der Waals surface area contributed by atoms with E-state index in [4.69, 9.17) is 9.47 Å². The average molecular weight is 389 g/mol. The van der Waals surface area contributed by atoms with Crippen molar-refractivity contribution in [3.8, 4) is 5.75 Å². The summed E-state index contributed by atoms with van der Waals surface area (Å²) in [5.41, 5.74) is 1.28. The fourth-order valence-corrected chi connectivity index (χ4v) is 3.51. The molecule has 1 aliphatic heterocycles. The molecule has 6 nitrogen and oxygen atoms in total. The molecule has 2 aromatic rings. The van der Waals surface area contributed by atoms with Gasteiger partial charge in [0, 0.05) is 19.4 Å². The standard InChI is InChI=1S/C20H23NO5S/c1-27(23,24)17-10-8-15(9-11-17)14-26-19-7-3-2-6-18(19)20(22)21-13-16-5-4-12-25-16/h2-3,6-11,16H,4-5,12-14H2,1H3,(H,21,22)/t16-/m0/s1. The van der Waals surface area contributed by atoms with Crippen molar-refractivity contribution in [3.05, 3.63) is 59.7 Å². The second kappa shape index (κ2) is 8.54. The quantitative estimate of drug-likeness (QED) is 0.787. The first-order chi connectivity index (χ1) is 12.9. The van der Waals surface area contributed by atoms with Crippen molar-refractivity contribution in [2.24, 2.45) is 0 Å². The molecule has 0 spiro atoms. The third kappa shape index (κ3) is 5.30. The molecule has 1 saturated heterocycles. The van der Waals surface area contributed by atoms with Gasteiger partial charge >= 0.3 is 0 Å². The third-order valence-electron chi connectivity index (χ3n) is 4.39. The summed E-state index contributed by atoms with van der Waals surface area (Å²) >= 11 is 0. The first-order valence-corrected chi connectivity index (χ1v) is 10.7. The Bertz CT molecular complexity index is 887. The van der Waals surface area contributed by atoms with Crippen LogP contribution in [0, 0.1) is 0 Å². The van der Waals surface area contributed by atoms with Crippen LogP contribution >= 0.6 is 0 Å². The number of hydrogen-bond acceptors (Lipinski definition) is 5. The van der Waals surface area contributed by atoms with Crippen LogP contribution in [0.3, 0.4) is 0 Å². The summed E-state index contributed by atoms with van der Waals surface area (Å²) in [4.78, 5) is 12.7. The number of carbonyl (C=O) groups is 1. The molecule has 0 aliphatic carbocycles. The Balaban J connectivity index is 1.62. The summed E-state index contributed by atoms with van der Waals surface area (Å²) in [6, 6.07) is 13.6. The smallest absolute Gasteiger partial charge is 0.255 e. The van der Waals surface area contributed by atoms with Gasteiger partial charge in [-0.1, -0.05) is 24.3 Å². The lowest BCUT2D eigenvalue weighted by Gasteiger charge is -2.14. The molecule has 0 aromatic heterocycles. The van der Waals surface area contributed by atoms with Gasteiger partial charge in [0.05, 0.1) is 16.6 Å². The maximum absolute atomic E-state index is 12.5. The highest BCUT2D eigenvalue weighted by Gasteiger charge is 2.18. The number of hydrogen-bond donors (Lipinski definition) is 1. The third-order valence-corrected chi connectivity index (χ3v) is 5.52. The first-order valence-electron chi connectivity index (χ1n) is 8.84. The molecule has 7 heteroatoms. The highest BCUT2D eigenvalue weighted by atomic mass is 32.2. The van der Waals surface area contributed by atoms with Crippen LogP contribution in [0.4, 0.5) is 0 Å². The molecule has 0 radical (unpaired) electrons. The van der Waals surface area contributed by atoms with Gasteiger partial charge in [-0.3, -0.25) is 4.79 Å². The van der Waals surface area contributed by atoms with Gasteiger partial charge in [-0.25, -0.2) is 8.42 Å². The van der Waals surface area contributed by atoms with Crippen molar-refractivity contribution >= 4 is 15.7 Å². The molecule has 0 saturated carbocycles. The van der Waals surface area contributed by atoms with E-state index in [-0.39, 0.29) is 23.5 Å². The van der Waals surface area contributed by atoms with Crippen LogP contribution in [0.5, 0.6) is 5.75 Å². The van der Waals surface area contributed by atoms with Crippen molar-refractivity contribution in [1.29, 1.82) is 0 Å². The van der Waals surface area contributed by atoms with Gasteiger partial charge in [-0.15, -0.1) is 0 Å². The van der Waals surface area contributed by atoms with Crippen molar-refractivity contribution < 1.29 is 22.7 Å². The fraction of sp³-hybridized carbons (Fsp3) is 0.350. The molecule has 0 bridgehead atoms. The minimum Gasteiger partial charge on any atom is -0.488 e. The molecule has 1 atom stereocenters. The summed E-state index contributed by atoms with van der Waals surface area (Å²) < 4.78 is 34.4. The van der Waals surface area contributed by atoms with Gasteiger partial charge in [0.25, 0.3) is 5.91 Å². The molecule has 1 aliphatic rings. The maximum Gasteiger partial charge on any atom is 0.255 e. The van der Waals surface area contributed by atoms with Crippen LogP contribution < -0.4 is 10.1 Å². The van der Waals surface area contributed by atoms with Crippen LogP contribution in [-0.2, 0) is 21.2 Å². The molecule has 1 heterocycles. The summed E-state index contributed by atoms with van der Waals surface area (Å²) in [6.07, 6.45) is 3.24. The molecule has 1 N–H and O–H groups in total. The average Bonchev–Trinajstić information content (AvgIpc) is 3.18. The molecule has 2 aromatic carbocycles. The molecule has 27 heavy (non-hydrogen) atoms. The van der Waals surface area contributed by atoms with Crippen molar-refractivity contribution in [2.75, 3.05) is 19.4 Å². The number of carbonyl (C=O) groups excluding carboxylic acids is 1. The van der Waals surface area contributed by atoms with Gasteiger partial charge in [0.15, 0.2) is 9.84 Å². The number of amides is 1. The van der Waals surface area contributed by atoms with E-state index in [1.807, 2.05) is 0 Å². The van der Waals surface area contributed by atoms with Gasteiger partial charge in [-0.05, 0) is 42.7 Å². The van der Waals surface area contributed by atoms with Crippen LogP contribution in [0.15, 0.2) is 53.4 Å². The van der Waals surface area contributed by atoms with Crippen LogP contribution in [0.2, 0.25) is 0 Å². The van der Waals surface area contributed by atoms with Gasteiger partial charge in [-0.2, -0.15) is 0 Å². The molecule has 144 valence electrons. The number of para-hydroxylation sites is 1. The number of sulfone groups is 1. The first kappa shape index (κ1) is 19.4. The highest BCUT2D eigenvalue weighted by molar-refractivity contribution is 7.90. The van der Waals surface area contributed by atoms with Crippen molar-refractivity contribution in [3.63, 3.8) is 0 Å². The van der Waals surface area contributed by atoms with Gasteiger partial charge < -0.3 is 14.8 Å². The lowest BCUT2D eigenvalue weighted by molar-refractivity contribution is 0.0854. The molecule has 1 amide bonds. The van der Waals surface area contributed by atoms with Crippen molar-refractivity contribution in [1.82, 2.24) is 5.32 Å². The monoisotopic (exact) mass is 389 g/mol. The Labute approximate surface area is 159 Å². The Morgan fingerprint density at radius 1 is 1.19 bits per heavy atom. The highest BCUT2D eigenvalue weighted by Crippen LogP contribution is 2.20. The second-order valence-electron chi connectivity index (χ2n) is 6.55. The maximum atomic E-state index is 12.5. The summed E-state index contributed by atoms with van der Waals surface area (Å²) in [7, 11) is -3.22. The predicted octanol–water partition coefficient (Wildman–Crippen LogP) is 2.58. The molecular weight excluding hydrogens is 366 g/mol. The van der Waals surface area contributed by atoms with E-state index in [1.54, 1.807) is 48.5 Å². The lowest BCUT2D eigenvalue weighted by atomic mass is 10.1. The van der Waals surface area contributed by atoms with E-state index in [9.17, 15) is 13.2 Å². The normalized spacial score (nSPS) is 16.9. The number of ether oxygens (including phenoxy) is 2. The molecule has 1 fully saturated rings. The zero-order chi connectivity index (χ0) is 19.3. The summed E-state index contributed by atoms with van der Waals surface area (Å²) in [6.45, 7) is 1.47. The van der Waals surface area contributed by atoms with Crippen LogP contribution in [0.25, 0.3) is 0 Å². The topological polar surface area (TPSA) is 81.7 Å². The van der Waals surface area contributed by atoms with E-state index < -0.39 is 9.84 Å². The Morgan fingerprint density at radius 2 is 1.93 bits per heavy atom. The molecular formula is C20H23NO5S. The van der Waals surface area contributed by atoms with E-state index in [0.717, 1.165) is 25.0 Å². The van der Waals surface area contributed by atoms with Crippen LogP contribution in [-0.4, -0.2) is 39.8 Å².